The van der Waals surface area contributed by atoms with Crippen molar-refractivity contribution in [3.8, 4) is 0 Å². The van der Waals surface area contributed by atoms with E-state index >= 15 is 0 Å². The molecule has 8 heteroatoms. The molecule has 0 bridgehead atoms. The van der Waals surface area contributed by atoms with Crippen LogP contribution in [0.2, 0.25) is 0 Å². The molecule has 0 aromatic heterocycles. The summed E-state index contributed by atoms with van der Waals surface area (Å²) in [4.78, 5) is 0. The average molecular weight is 381 g/mol. The summed E-state index contributed by atoms with van der Waals surface area (Å²) in [6.45, 7) is 3.11. The first-order chi connectivity index (χ1) is 11.3. The van der Waals surface area contributed by atoms with Crippen molar-refractivity contribution >= 4 is 25.8 Å². The number of halogens is 6. The molecule has 0 aliphatic heterocycles. The van der Waals surface area contributed by atoms with Crippen molar-refractivity contribution in [1.82, 2.24) is 0 Å². The quantitative estimate of drug-likeness (QED) is 0.223. The van der Waals surface area contributed by atoms with Gasteiger partial charge >= 0.3 is 33.0 Å². The van der Waals surface area contributed by atoms with Crippen LogP contribution in [0.4, 0.5) is 30.9 Å². The van der Waals surface area contributed by atoms with Gasteiger partial charge in [0.15, 0.2) is 6.21 Å². The number of hydrogen-bond donors (Lipinski definition) is 0. The van der Waals surface area contributed by atoms with Crippen molar-refractivity contribution < 1.29 is 29.8 Å². The van der Waals surface area contributed by atoms with E-state index in [9.17, 15) is 25.2 Å². The van der Waals surface area contributed by atoms with Crippen molar-refractivity contribution in [2.75, 3.05) is 6.54 Å². The Morgan fingerprint density at radius 3 is 1.68 bits per heavy atom. The normalized spacial score (nSPS) is 15.1. The molecule has 0 amide bonds. The molecule has 25 heavy (non-hydrogen) atoms. The Balaban J connectivity index is 0.000000381. The molecule has 2 rings (SSSR count). The number of rotatable bonds is 4. The molecule has 2 aromatic rings. The predicted molar refractivity (Wildman–Crippen MR) is 92.0 cm³/mol. The molecule has 2 aromatic carbocycles. The van der Waals surface area contributed by atoms with Crippen molar-refractivity contribution in [2.45, 2.75) is 6.92 Å². The van der Waals surface area contributed by atoms with Crippen LogP contribution < -0.4 is 0 Å². The van der Waals surface area contributed by atoms with Crippen molar-refractivity contribution in [1.29, 1.82) is 0 Å². The third-order valence-electron chi connectivity index (χ3n) is 2.78. The number of para-hydroxylation sites is 1. The summed E-state index contributed by atoms with van der Waals surface area (Å²) in [6.07, 6.45) is 6.32. The van der Waals surface area contributed by atoms with Gasteiger partial charge in [-0.1, -0.05) is 48.5 Å². The first-order valence-corrected chi connectivity index (χ1v) is 9.32. The van der Waals surface area contributed by atoms with Gasteiger partial charge in [0.1, 0.15) is 6.54 Å². The van der Waals surface area contributed by atoms with E-state index in [-0.39, 0.29) is 0 Å². The van der Waals surface area contributed by atoms with Gasteiger partial charge in [0.2, 0.25) is 5.69 Å². The monoisotopic (exact) mass is 381 g/mol. The number of nitrogens with zero attached hydrogens (tertiary/aromatic N) is 1. The molecule has 0 aliphatic carbocycles. The number of benzene rings is 2. The molecule has 0 saturated heterocycles. The summed E-state index contributed by atoms with van der Waals surface area (Å²) in [6, 6.07) is 20.7. The second-order valence-corrected chi connectivity index (χ2v) is 6.92. The summed E-state index contributed by atoms with van der Waals surface area (Å²) in [5.74, 6) is 0. The maximum atomic E-state index is 9.87. The van der Waals surface area contributed by atoms with E-state index in [0.29, 0.717) is 0 Å². The van der Waals surface area contributed by atoms with Crippen LogP contribution in [0.5, 0.6) is 0 Å². The molecule has 0 spiro atoms. The van der Waals surface area contributed by atoms with Crippen LogP contribution in [0.15, 0.2) is 66.7 Å². The molecular weight excluding hydrogens is 363 g/mol. The van der Waals surface area contributed by atoms with E-state index in [4.69, 9.17) is 0 Å². The summed E-state index contributed by atoms with van der Waals surface area (Å²) < 4.78 is 61.4. The van der Waals surface area contributed by atoms with Gasteiger partial charge < -0.3 is 0 Å². The van der Waals surface area contributed by atoms with Crippen LogP contribution in [0.3, 0.4) is 0 Å². The van der Waals surface area contributed by atoms with Gasteiger partial charge in [-0.05, 0) is 18.6 Å². The van der Waals surface area contributed by atoms with Crippen molar-refractivity contribution in [3.63, 3.8) is 0 Å². The molecule has 0 atom stereocenters. The Kier molecular flexibility index (Phi) is 6.19. The van der Waals surface area contributed by atoms with Gasteiger partial charge in [0, 0.05) is 18.2 Å². The second-order valence-electron chi connectivity index (χ2n) is 5.00. The third kappa shape index (κ3) is 12.9. The first kappa shape index (κ1) is 20.9. The minimum absolute atomic E-state index is 0.961. The Hall–Kier alpha value is -2.14. The molecule has 1 nitrogen and oxygen atoms in total. The molecule has 0 radical (unpaired) electrons. The van der Waals surface area contributed by atoms with Crippen LogP contribution in [0.1, 0.15) is 12.5 Å². The van der Waals surface area contributed by atoms with Gasteiger partial charge in [0.05, 0.1) is 0 Å². The predicted octanol–water partition coefficient (Wildman–Crippen LogP) is 7.52. The second kappa shape index (κ2) is 7.40. The molecule has 0 fully saturated rings. The maximum absolute atomic E-state index is 10.7. The Morgan fingerprint density at radius 2 is 1.24 bits per heavy atom. The van der Waals surface area contributed by atoms with Gasteiger partial charge in [-0.25, -0.2) is 0 Å². The van der Waals surface area contributed by atoms with E-state index in [1.54, 1.807) is 0 Å². The molecule has 0 N–H and O–H groups in total. The van der Waals surface area contributed by atoms with Crippen LogP contribution >= 0.6 is 7.81 Å². The van der Waals surface area contributed by atoms with E-state index in [0.717, 1.165) is 6.54 Å². The topological polar surface area (TPSA) is 3.01 Å². The SMILES string of the molecule is CC[N+](=CC=Cc1ccccc1)c1ccccc1.F[P-](F)(F)(F)(F)F. The van der Waals surface area contributed by atoms with Crippen LogP contribution in [-0.4, -0.2) is 17.3 Å². The van der Waals surface area contributed by atoms with Crippen molar-refractivity contribution in [2.24, 2.45) is 0 Å². The Labute approximate surface area is 142 Å². The fourth-order valence-electron chi connectivity index (χ4n) is 1.82. The zero-order valence-electron chi connectivity index (χ0n) is 13.4. The van der Waals surface area contributed by atoms with Crippen LogP contribution in [0.25, 0.3) is 6.08 Å². The first-order valence-electron chi connectivity index (χ1n) is 7.30. The number of allylic oxidation sites excluding steroid dienone is 1. The Morgan fingerprint density at radius 1 is 0.800 bits per heavy atom. The van der Waals surface area contributed by atoms with Crippen LogP contribution in [0, 0.1) is 0 Å². The summed E-state index contributed by atoms with van der Waals surface area (Å²) in [5.41, 5.74) is 2.44. The standard InChI is InChI=1S/C17H18N.F6P/c1-2-18(17-13-7-4-8-14-17)15-9-12-16-10-5-3-6-11-16;1-7(2,3,4,5)6/h3-15H,2H2,1H3;/q+1;-1. The Bertz CT molecular complexity index is 711. The van der Waals surface area contributed by atoms with Gasteiger partial charge in [-0.2, -0.15) is 4.58 Å². The van der Waals surface area contributed by atoms with Crippen LogP contribution in [-0.2, 0) is 0 Å². The van der Waals surface area contributed by atoms with Gasteiger partial charge in [-0.15, -0.1) is 0 Å². The molecule has 0 heterocycles. The van der Waals surface area contributed by atoms with Crippen molar-refractivity contribution in [3.05, 3.63) is 72.3 Å². The summed E-state index contributed by atoms with van der Waals surface area (Å²) >= 11 is 0. The zero-order valence-corrected chi connectivity index (χ0v) is 14.3. The number of hydrogen-bond acceptors (Lipinski definition) is 0. The minimum atomic E-state index is -10.7. The molecular formula is C17H18F6NP. The summed E-state index contributed by atoms with van der Waals surface area (Å²) in [7, 11) is -10.7. The molecule has 0 saturated carbocycles. The van der Waals surface area contributed by atoms with E-state index in [2.05, 4.69) is 78.4 Å². The fraction of sp³-hybridized carbons (Fsp3) is 0.118. The summed E-state index contributed by atoms with van der Waals surface area (Å²) in [5, 5.41) is 0. The van der Waals surface area contributed by atoms with Gasteiger partial charge in [-0.3, -0.25) is 0 Å². The average Bonchev–Trinajstić information content (AvgIpc) is 2.50. The molecule has 0 unspecified atom stereocenters. The van der Waals surface area contributed by atoms with E-state index in [1.165, 1.54) is 11.3 Å². The molecule has 0 aliphatic rings. The van der Waals surface area contributed by atoms with E-state index in [1.807, 2.05) is 12.1 Å². The third-order valence-corrected chi connectivity index (χ3v) is 2.78. The fourth-order valence-corrected chi connectivity index (χ4v) is 1.82. The van der Waals surface area contributed by atoms with E-state index < -0.39 is 7.81 Å². The zero-order chi connectivity index (χ0) is 19.0. The van der Waals surface area contributed by atoms with Gasteiger partial charge in [0.25, 0.3) is 0 Å². The molecule has 138 valence electrons.